The van der Waals surface area contributed by atoms with Crippen molar-refractivity contribution in [2.45, 2.75) is 40.2 Å². The zero-order chi connectivity index (χ0) is 5.98. The van der Waals surface area contributed by atoms with Gasteiger partial charge >= 0.3 is 0 Å². The van der Waals surface area contributed by atoms with Crippen LogP contribution in [-0.2, 0) is 4.74 Å². The predicted octanol–water partition coefficient (Wildman–Crippen LogP) is 2.46. The normalized spacial score (nSPS) is 35.3. The lowest BCUT2D eigenvalue weighted by Gasteiger charge is -2.23. The van der Waals surface area contributed by atoms with Crippen molar-refractivity contribution in [3.63, 3.8) is 0 Å². The predicted molar refractivity (Wildman–Crippen MR) is 40.5 cm³/mol. The van der Waals surface area contributed by atoms with E-state index in [1.54, 1.807) is 0 Å². The maximum atomic E-state index is 5.39. The second-order valence-electron chi connectivity index (χ2n) is 2.83. The van der Waals surface area contributed by atoms with Crippen molar-refractivity contribution >= 4 is 0 Å². The third-order valence-corrected chi connectivity index (χ3v) is 1.73. The highest BCUT2D eigenvalue weighted by molar-refractivity contribution is 4.62. The maximum absolute atomic E-state index is 5.39. The summed E-state index contributed by atoms with van der Waals surface area (Å²) in [5.74, 6) is 0.797. The lowest BCUT2D eigenvalue weighted by Crippen LogP contribution is -2.21. The molecule has 1 saturated heterocycles. The molecule has 1 nitrogen and oxygen atoms in total. The van der Waals surface area contributed by atoms with Crippen molar-refractivity contribution in [2.24, 2.45) is 5.92 Å². The van der Waals surface area contributed by atoms with Gasteiger partial charge in [-0.25, -0.2) is 0 Å². The van der Waals surface area contributed by atoms with Crippen LogP contribution in [0, 0.1) is 5.92 Å². The fourth-order valence-electron chi connectivity index (χ4n) is 1.01. The molecule has 0 aliphatic carbocycles. The van der Waals surface area contributed by atoms with Crippen LogP contribution in [0.1, 0.15) is 34.1 Å². The highest BCUT2D eigenvalue weighted by Gasteiger charge is 2.13. The van der Waals surface area contributed by atoms with Gasteiger partial charge in [0.25, 0.3) is 0 Å². The Morgan fingerprint density at radius 3 is 2.22 bits per heavy atom. The lowest BCUT2D eigenvalue weighted by atomic mass is 10.0. The highest BCUT2D eigenvalue weighted by atomic mass is 16.5. The fraction of sp³-hybridized carbons (Fsp3) is 1.00. The Morgan fingerprint density at radius 1 is 1.22 bits per heavy atom. The maximum Gasteiger partial charge on any atom is 0.0547 e. The van der Waals surface area contributed by atoms with E-state index in [-0.39, 0.29) is 7.43 Å². The second-order valence-corrected chi connectivity index (χ2v) is 2.83. The standard InChI is InChI=1S/C7H14O.CH4/c1-6-3-4-7(2)8-5-6;/h6-7H,3-5H2,1-2H3;1H4. The minimum Gasteiger partial charge on any atom is -0.378 e. The van der Waals surface area contributed by atoms with Gasteiger partial charge in [-0.15, -0.1) is 0 Å². The average molecular weight is 130 g/mol. The van der Waals surface area contributed by atoms with Crippen molar-refractivity contribution in [1.82, 2.24) is 0 Å². The van der Waals surface area contributed by atoms with Gasteiger partial charge in [-0.3, -0.25) is 0 Å². The molecule has 0 aromatic rings. The zero-order valence-electron chi connectivity index (χ0n) is 5.68. The Hall–Kier alpha value is -0.0400. The molecule has 0 saturated carbocycles. The molecule has 56 valence electrons. The third-order valence-electron chi connectivity index (χ3n) is 1.73. The van der Waals surface area contributed by atoms with Crippen molar-refractivity contribution in [1.29, 1.82) is 0 Å². The summed E-state index contributed by atoms with van der Waals surface area (Å²) in [6.07, 6.45) is 3.12. The zero-order valence-corrected chi connectivity index (χ0v) is 5.68. The molecule has 0 N–H and O–H groups in total. The average Bonchev–Trinajstić information content (AvgIpc) is 1.77. The molecular weight excluding hydrogens is 112 g/mol. The Morgan fingerprint density at radius 2 is 1.89 bits per heavy atom. The molecule has 0 spiro atoms. The van der Waals surface area contributed by atoms with E-state index in [1.807, 2.05) is 0 Å². The Kier molecular flexibility index (Phi) is 3.87. The minimum absolute atomic E-state index is 0. The van der Waals surface area contributed by atoms with Crippen LogP contribution in [0.4, 0.5) is 0 Å². The molecule has 1 aliphatic heterocycles. The molecule has 0 amide bonds. The molecule has 1 fully saturated rings. The summed E-state index contributed by atoms with van der Waals surface area (Å²) in [6, 6.07) is 0. The van der Waals surface area contributed by atoms with Crippen LogP contribution in [0.3, 0.4) is 0 Å². The lowest BCUT2D eigenvalue weighted by molar-refractivity contribution is 0.000267. The molecule has 1 rings (SSSR count). The molecule has 1 aliphatic rings. The molecule has 1 heterocycles. The van der Waals surface area contributed by atoms with E-state index in [0.29, 0.717) is 6.10 Å². The van der Waals surface area contributed by atoms with E-state index in [2.05, 4.69) is 13.8 Å². The molecule has 0 radical (unpaired) electrons. The van der Waals surface area contributed by atoms with Crippen LogP contribution in [0.15, 0.2) is 0 Å². The van der Waals surface area contributed by atoms with E-state index in [0.717, 1.165) is 12.5 Å². The number of ether oxygens (including phenoxy) is 1. The van der Waals surface area contributed by atoms with Crippen LogP contribution in [0.25, 0.3) is 0 Å². The Balaban J connectivity index is 0.000000640. The Labute approximate surface area is 58.4 Å². The van der Waals surface area contributed by atoms with Gasteiger partial charge in [-0.1, -0.05) is 14.4 Å². The fourth-order valence-corrected chi connectivity index (χ4v) is 1.01. The van der Waals surface area contributed by atoms with E-state index in [1.165, 1.54) is 12.8 Å². The second kappa shape index (κ2) is 3.89. The molecule has 9 heavy (non-hydrogen) atoms. The quantitative estimate of drug-likeness (QED) is 0.489. The summed E-state index contributed by atoms with van der Waals surface area (Å²) < 4.78 is 5.39. The third kappa shape index (κ3) is 2.85. The van der Waals surface area contributed by atoms with Crippen LogP contribution in [0.5, 0.6) is 0 Å². The molecule has 0 bridgehead atoms. The van der Waals surface area contributed by atoms with Gasteiger partial charge in [0, 0.05) is 6.61 Å². The van der Waals surface area contributed by atoms with E-state index >= 15 is 0 Å². The van der Waals surface area contributed by atoms with Gasteiger partial charge in [-0.2, -0.15) is 0 Å². The minimum atomic E-state index is 0. The summed E-state index contributed by atoms with van der Waals surface area (Å²) in [4.78, 5) is 0. The van der Waals surface area contributed by atoms with Gasteiger partial charge in [0.1, 0.15) is 0 Å². The first-order chi connectivity index (χ1) is 3.79. The topological polar surface area (TPSA) is 9.23 Å². The monoisotopic (exact) mass is 130 g/mol. The van der Waals surface area contributed by atoms with Crippen molar-refractivity contribution < 1.29 is 4.74 Å². The van der Waals surface area contributed by atoms with E-state index in [9.17, 15) is 0 Å². The van der Waals surface area contributed by atoms with Gasteiger partial charge in [0.15, 0.2) is 0 Å². The highest BCUT2D eigenvalue weighted by Crippen LogP contribution is 2.16. The first-order valence-electron chi connectivity index (χ1n) is 3.40. The molecule has 2 atom stereocenters. The van der Waals surface area contributed by atoms with Crippen molar-refractivity contribution in [3.8, 4) is 0 Å². The molecule has 0 aromatic carbocycles. The van der Waals surface area contributed by atoms with Gasteiger partial charge in [0.2, 0.25) is 0 Å². The summed E-state index contributed by atoms with van der Waals surface area (Å²) in [6.45, 7) is 5.36. The first kappa shape index (κ1) is 8.96. The van der Waals surface area contributed by atoms with E-state index in [4.69, 9.17) is 4.74 Å². The summed E-state index contributed by atoms with van der Waals surface area (Å²) >= 11 is 0. The van der Waals surface area contributed by atoms with E-state index < -0.39 is 0 Å². The molecular formula is C8H18O. The smallest absolute Gasteiger partial charge is 0.0547 e. The van der Waals surface area contributed by atoms with Gasteiger partial charge < -0.3 is 4.74 Å². The largest absolute Gasteiger partial charge is 0.378 e. The summed E-state index contributed by atoms with van der Waals surface area (Å²) in [5.41, 5.74) is 0. The number of hydrogen-bond acceptors (Lipinski definition) is 1. The van der Waals surface area contributed by atoms with Crippen LogP contribution >= 0.6 is 0 Å². The van der Waals surface area contributed by atoms with Gasteiger partial charge in [0.05, 0.1) is 6.10 Å². The first-order valence-corrected chi connectivity index (χ1v) is 3.40. The van der Waals surface area contributed by atoms with Crippen molar-refractivity contribution in [2.75, 3.05) is 6.61 Å². The van der Waals surface area contributed by atoms with Crippen LogP contribution < -0.4 is 0 Å². The summed E-state index contributed by atoms with van der Waals surface area (Å²) in [7, 11) is 0. The molecule has 1 heteroatoms. The SMILES string of the molecule is C.CC1CCC(C)OC1. The van der Waals surface area contributed by atoms with Crippen LogP contribution in [0.2, 0.25) is 0 Å². The Bertz CT molecular complexity index is 53.0. The number of hydrogen-bond donors (Lipinski definition) is 0. The number of rotatable bonds is 0. The van der Waals surface area contributed by atoms with Crippen molar-refractivity contribution in [3.05, 3.63) is 0 Å². The molecule has 0 aromatic heterocycles. The summed E-state index contributed by atoms with van der Waals surface area (Å²) in [5, 5.41) is 0. The van der Waals surface area contributed by atoms with Crippen LogP contribution in [-0.4, -0.2) is 12.7 Å². The van der Waals surface area contributed by atoms with Gasteiger partial charge in [-0.05, 0) is 25.7 Å². The molecule has 2 unspecified atom stereocenters.